The van der Waals surface area contributed by atoms with Crippen molar-refractivity contribution < 1.29 is 27.3 Å². The third kappa shape index (κ3) is 3.10. The molecule has 0 fully saturated rings. The van der Waals surface area contributed by atoms with Gasteiger partial charge in [0, 0.05) is 11.1 Å². The number of carbonyl (C=O) groups is 2. The molecule has 0 unspecified atom stereocenters. The predicted octanol–water partition coefficient (Wildman–Crippen LogP) is 3.63. The van der Waals surface area contributed by atoms with E-state index in [0.29, 0.717) is 11.3 Å². The molecule has 0 bridgehead atoms. The average molecular weight is 416 g/mol. The normalized spacial score (nSPS) is 13.6. The molecule has 4 rings (SSSR count). The molecule has 2 heterocycles. The minimum absolute atomic E-state index is 0.194. The molecular formula is C20H15F3N4O3. The van der Waals surface area contributed by atoms with Crippen LogP contribution in [-0.2, 0) is 12.7 Å². The smallest absolute Gasteiger partial charge is 0.366 e. The molecule has 30 heavy (non-hydrogen) atoms. The maximum atomic E-state index is 13.1. The topological polar surface area (TPSA) is 102 Å². The van der Waals surface area contributed by atoms with Crippen molar-refractivity contribution in [3.8, 4) is 11.4 Å². The van der Waals surface area contributed by atoms with E-state index in [-0.39, 0.29) is 29.1 Å². The molecule has 2 aromatic carbocycles. The number of anilines is 1. The monoisotopic (exact) mass is 416 g/mol. The molecule has 1 aliphatic rings. The number of hydrogen-bond donors (Lipinski definition) is 1. The van der Waals surface area contributed by atoms with Crippen molar-refractivity contribution in [1.82, 2.24) is 10.1 Å². The van der Waals surface area contributed by atoms with E-state index in [1.165, 1.54) is 17.0 Å². The molecule has 1 aliphatic heterocycles. The van der Waals surface area contributed by atoms with Crippen LogP contribution in [0, 0.1) is 13.8 Å². The number of aryl methyl sites for hydroxylation is 1. The molecule has 0 aliphatic carbocycles. The summed E-state index contributed by atoms with van der Waals surface area (Å²) in [4.78, 5) is 29.8. The molecule has 0 radical (unpaired) electrons. The van der Waals surface area contributed by atoms with Gasteiger partial charge >= 0.3 is 12.1 Å². The third-order valence-electron chi connectivity index (χ3n) is 5.08. The number of nitrogens with zero attached hydrogens (tertiary/aromatic N) is 3. The van der Waals surface area contributed by atoms with E-state index in [4.69, 9.17) is 5.73 Å². The standard InChI is InChI=1S/C20H15F3N4O3/c1-9-3-6-13(16(24)28)15(10(9)2)27-8-12-5-4-11(7-14(12)18(27)29)17-25-19(30-26-17)20(21,22)23/h3-7H,8H2,1-2H3,(H2,24,28). The van der Waals surface area contributed by atoms with Crippen LogP contribution in [0.15, 0.2) is 34.9 Å². The lowest BCUT2D eigenvalue weighted by molar-refractivity contribution is -0.159. The Morgan fingerprint density at radius 1 is 1.20 bits per heavy atom. The zero-order valence-electron chi connectivity index (χ0n) is 15.9. The molecule has 0 saturated heterocycles. The summed E-state index contributed by atoms with van der Waals surface area (Å²) in [5.74, 6) is -2.81. The molecule has 3 aromatic rings. The first kappa shape index (κ1) is 19.6. The second-order valence-electron chi connectivity index (χ2n) is 6.95. The van der Waals surface area contributed by atoms with Crippen molar-refractivity contribution in [2.75, 3.05) is 4.90 Å². The summed E-state index contributed by atoms with van der Waals surface area (Å²) in [5.41, 5.74) is 8.89. The van der Waals surface area contributed by atoms with Gasteiger partial charge in [0.1, 0.15) is 0 Å². The predicted molar refractivity (Wildman–Crippen MR) is 99.7 cm³/mol. The van der Waals surface area contributed by atoms with Crippen LogP contribution < -0.4 is 10.6 Å². The first-order valence-corrected chi connectivity index (χ1v) is 8.84. The first-order chi connectivity index (χ1) is 14.1. The Labute approximate surface area is 168 Å². The molecular weight excluding hydrogens is 401 g/mol. The average Bonchev–Trinajstić information content (AvgIpc) is 3.29. The minimum atomic E-state index is -4.76. The molecule has 2 amide bonds. The van der Waals surface area contributed by atoms with E-state index in [0.717, 1.165) is 11.1 Å². The van der Waals surface area contributed by atoms with Gasteiger partial charge in [-0.2, -0.15) is 18.2 Å². The van der Waals surface area contributed by atoms with Crippen LogP contribution in [-0.4, -0.2) is 22.0 Å². The van der Waals surface area contributed by atoms with Crippen molar-refractivity contribution >= 4 is 17.5 Å². The van der Waals surface area contributed by atoms with Gasteiger partial charge in [-0.3, -0.25) is 9.59 Å². The van der Waals surface area contributed by atoms with E-state index in [2.05, 4.69) is 14.7 Å². The molecule has 0 atom stereocenters. The second kappa shape index (κ2) is 6.68. The van der Waals surface area contributed by atoms with Crippen molar-refractivity contribution in [2.45, 2.75) is 26.6 Å². The number of hydrogen-bond acceptors (Lipinski definition) is 5. The molecule has 7 nitrogen and oxygen atoms in total. The van der Waals surface area contributed by atoms with Crippen LogP contribution in [0.25, 0.3) is 11.4 Å². The summed E-state index contributed by atoms with van der Waals surface area (Å²) in [7, 11) is 0. The van der Waals surface area contributed by atoms with E-state index in [1.54, 1.807) is 25.1 Å². The Balaban J connectivity index is 1.75. The van der Waals surface area contributed by atoms with Crippen LogP contribution in [0.4, 0.5) is 18.9 Å². The van der Waals surface area contributed by atoms with Crippen molar-refractivity contribution in [2.24, 2.45) is 5.73 Å². The van der Waals surface area contributed by atoms with Gasteiger partial charge in [0.25, 0.3) is 11.8 Å². The number of aromatic nitrogens is 2. The Bertz CT molecular complexity index is 1200. The molecule has 1 aromatic heterocycles. The summed E-state index contributed by atoms with van der Waals surface area (Å²) >= 11 is 0. The van der Waals surface area contributed by atoms with Gasteiger partial charge in [0.05, 0.1) is 17.8 Å². The second-order valence-corrected chi connectivity index (χ2v) is 6.95. The number of fused-ring (bicyclic) bond motifs is 1. The Morgan fingerprint density at radius 3 is 2.57 bits per heavy atom. The highest BCUT2D eigenvalue weighted by molar-refractivity contribution is 6.14. The van der Waals surface area contributed by atoms with Crippen LogP contribution in [0.3, 0.4) is 0 Å². The van der Waals surface area contributed by atoms with Crippen LogP contribution in [0.1, 0.15) is 43.3 Å². The van der Waals surface area contributed by atoms with Gasteiger partial charge < -0.3 is 15.2 Å². The number of alkyl halides is 3. The number of halogens is 3. The zero-order chi connectivity index (χ0) is 21.8. The van der Waals surface area contributed by atoms with Gasteiger partial charge in [-0.05, 0) is 42.7 Å². The van der Waals surface area contributed by atoms with Gasteiger partial charge in [0.15, 0.2) is 0 Å². The molecule has 0 spiro atoms. The van der Waals surface area contributed by atoms with Crippen molar-refractivity contribution in [3.05, 3.63) is 64.0 Å². The first-order valence-electron chi connectivity index (χ1n) is 8.84. The van der Waals surface area contributed by atoms with E-state index < -0.39 is 23.9 Å². The summed E-state index contributed by atoms with van der Waals surface area (Å²) in [5, 5.41) is 3.35. The van der Waals surface area contributed by atoms with Gasteiger partial charge in [-0.15, -0.1) is 0 Å². The number of benzene rings is 2. The van der Waals surface area contributed by atoms with Crippen LogP contribution in [0.2, 0.25) is 0 Å². The van der Waals surface area contributed by atoms with Gasteiger partial charge in [-0.25, -0.2) is 0 Å². The quantitative estimate of drug-likeness (QED) is 0.702. The maximum absolute atomic E-state index is 13.1. The number of rotatable bonds is 3. The number of primary amides is 1. The zero-order valence-corrected chi connectivity index (χ0v) is 15.9. The summed E-state index contributed by atoms with van der Waals surface area (Å²) in [6, 6.07) is 7.86. The summed E-state index contributed by atoms with van der Waals surface area (Å²) < 4.78 is 42.4. The van der Waals surface area contributed by atoms with Crippen LogP contribution >= 0.6 is 0 Å². The fourth-order valence-electron chi connectivity index (χ4n) is 3.42. The molecule has 2 N–H and O–H groups in total. The van der Waals surface area contributed by atoms with E-state index in [1.807, 2.05) is 6.92 Å². The Hall–Kier alpha value is -3.69. The fourth-order valence-corrected chi connectivity index (χ4v) is 3.42. The molecule has 0 saturated carbocycles. The molecule has 154 valence electrons. The third-order valence-corrected chi connectivity index (χ3v) is 5.08. The number of amides is 2. The number of carbonyl (C=O) groups excluding carboxylic acids is 2. The Kier molecular flexibility index (Phi) is 4.37. The van der Waals surface area contributed by atoms with Gasteiger partial charge in [-0.1, -0.05) is 23.4 Å². The van der Waals surface area contributed by atoms with E-state index >= 15 is 0 Å². The van der Waals surface area contributed by atoms with Crippen molar-refractivity contribution in [1.29, 1.82) is 0 Å². The lowest BCUT2D eigenvalue weighted by atomic mass is 10.0. The Morgan fingerprint density at radius 2 is 1.93 bits per heavy atom. The highest BCUT2D eigenvalue weighted by Crippen LogP contribution is 2.36. The lowest BCUT2D eigenvalue weighted by Gasteiger charge is -2.22. The SMILES string of the molecule is Cc1ccc(C(N)=O)c(N2Cc3ccc(-c4noc(C(F)(F)F)n4)cc3C2=O)c1C. The van der Waals surface area contributed by atoms with Crippen LogP contribution in [0.5, 0.6) is 0 Å². The minimum Gasteiger partial charge on any atom is -0.366 e. The molecule has 10 heteroatoms. The fraction of sp³-hybridized carbons (Fsp3) is 0.200. The van der Waals surface area contributed by atoms with Crippen molar-refractivity contribution in [3.63, 3.8) is 0 Å². The lowest BCUT2D eigenvalue weighted by Crippen LogP contribution is -2.27. The summed E-state index contributed by atoms with van der Waals surface area (Å²) in [6.45, 7) is 3.83. The largest absolute Gasteiger partial charge is 0.471 e. The highest BCUT2D eigenvalue weighted by atomic mass is 19.4. The highest BCUT2D eigenvalue weighted by Gasteiger charge is 2.39. The van der Waals surface area contributed by atoms with E-state index in [9.17, 15) is 22.8 Å². The number of nitrogens with two attached hydrogens (primary N) is 1. The van der Waals surface area contributed by atoms with Gasteiger partial charge in [0.2, 0.25) is 5.82 Å². The summed E-state index contributed by atoms with van der Waals surface area (Å²) in [6.07, 6.45) is -4.76. The maximum Gasteiger partial charge on any atom is 0.471 e.